The summed E-state index contributed by atoms with van der Waals surface area (Å²) in [7, 11) is 4.67. The van der Waals surface area contributed by atoms with Crippen molar-refractivity contribution in [3.05, 3.63) is 24.5 Å². The Labute approximate surface area is 116 Å². The molecule has 106 valence electrons. The van der Waals surface area contributed by atoms with Gasteiger partial charge in [-0.1, -0.05) is 0 Å². The van der Waals surface area contributed by atoms with Crippen LogP contribution >= 0.6 is 0 Å². The maximum Gasteiger partial charge on any atom is 0.242 e. The van der Waals surface area contributed by atoms with Crippen LogP contribution in [0.5, 0.6) is 17.4 Å². The van der Waals surface area contributed by atoms with Crippen LogP contribution < -0.4 is 25.3 Å². The number of hydrogen-bond donors (Lipinski definition) is 2. The summed E-state index contributed by atoms with van der Waals surface area (Å²) in [5.41, 5.74) is 6.92. The summed E-state index contributed by atoms with van der Waals surface area (Å²) in [6.45, 7) is 0. The van der Waals surface area contributed by atoms with Crippen LogP contribution in [0.1, 0.15) is 0 Å². The number of nitrogens with two attached hydrogens (primary N) is 1. The summed E-state index contributed by atoms with van der Waals surface area (Å²) in [6.07, 6.45) is 1.37. The van der Waals surface area contributed by atoms with Crippen LogP contribution in [0, 0.1) is 0 Å². The molecule has 0 spiro atoms. The third-order valence-corrected chi connectivity index (χ3v) is 2.70. The number of methoxy groups -OCH3 is 3. The Morgan fingerprint density at radius 3 is 2.50 bits per heavy atom. The van der Waals surface area contributed by atoms with E-state index in [1.807, 2.05) is 0 Å². The van der Waals surface area contributed by atoms with Crippen molar-refractivity contribution in [1.29, 1.82) is 0 Å². The minimum absolute atomic E-state index is 0.310. The Kier molecular flexibility index (Phi) is 4.09. The maximum absolute atomic E-state index is 5.92. The lowest BCUT2D eigenvalue weighted by atomic mass is 10.2. The molecule has 20 heavy (non-hydrogen) atoms. The summed E-state index contributed by atoms with van der Waals surface area (Å²) in [5, 5.41) is 3.08. The van der Waals surface area contributed by atoms with Crippen molar-refractivity contribution in [2.75, 3.05) is 32.4 Å². The minimum Gasteiger partial charge on any atom is -0.497 e. The number of nitrogens with zero attached hydrogens (tertiary/aromatic N) is 2. The Balaban J connectivity index is 2.38. The minimum atomic E-state index is 0.310. The van der Waals surface area contributed by atoms with Gasteiger partial charge in [-0.15, -0.1) is 0 Å². The van der Waals surface area contributed by atoms with Crippen molar-refractivity contribution in [3.63, 3.8) is 0 Å². The molecule has 0 radical (unpaired) electrons. The molecule has 3 N–H and O–H groups in total. The fourth-order valence-electron chi connectivity index (χ4n) is 1.68. The molecular weight excluding hydrogens is 260 g/mol. The summed E-state index contributed by atoms with van der Waals surface area (Å²) >= 11 is 0. The molecule has 7 nitrogen and oxygen atoms in total. The summed E-state index contributed by atoms with van der Waals surface area (Å²) in [5.74, 6) is 2.07. The van der Waals surface area contributed by atoms with Crippen molar-refractivity contribution in [1.82, 2.24) is 9.97 Å². The monoisotopic (exact) mass is 276 g/mol. The molecule has 2 aromatic rings. The van der Waals surface area contributed by atoms with Gasteiger partial charge in [-0.05, 0) is 12.1 Å². The molecule has 1 aromatic heterocycles. The molecule has 0 amide bonds. The first kappa shape index (κ1) is 13.7. The van der Waals surface area contributed by atoms with E-state index < -0.39 is 0 Å². The second-order valence-electron chi connectivity index (χ2n) is 3.84. The van der Waals surface area contributed by atoms with Crippen LogP contribution in [0.2, 0.25) is 0 Å². The second kappa shape index (κ2) is 5.96. The molecule has 1 heterocycles. The zero-order valence-corrected chi connectivity index (χ0v) is 11.5. The van der Waals surface area contributed by atoms with E-state index in [9.17, 15) is 0 Å². The van der Waals surface area contributed by atoms with E-state index in [2.05, 4.69) is 15.3 Å². The lowest BCUT2D eigenvalue weighted by Gasteiger charge is -2.14. The first-order valence-electron chi connectivity index (χ1n) is 5.83. The van der Waals surface area contributed by atoms with Crippen LogP contribution in [-0.2, 0) is 0 Å². The predicted molar refractivity (Wildman–Crippen MR) is 75.8 cm³/mol. The molecule has 0 aliphatic heterocycles. The van der Waals surface area contributed by atoms with E-state index in [-0.39, 0.29) is 0 Å². The standard InChI is InChI=1S/C13H16N4O3/c1-18-8-4-5-10(19-2)9(6-8)17-12-11(14)13(20-3)16-7-15-12/h4-7H,14H2,1-3H3,(H,15,16,17). The molecule has 1 aromatic carbocycles. The van der Waals surface area contributed by atoms with E-state index >= 15 is 0 Å². The number of ether oxygens (including phenoxy) is 3. The Morgan fingerprint density at radius 1 is 1.05 bits per heavy atom. The van der Waals surface area contributed by atoms with Crippen molar-refractivity contribution < 1.29 is 14.2 Å². The highest BCUT2D eigenvalue weighted by molar-refractivity contribution is 5.75. The van der Waals surface area contributed by atoms with Gasteiger partial charge in [0.05, 0.1) is 27.0 Å². The van der Waals surface area contributed by atoms with Crippen molar-refractivity contribution in [2.45, 2.75) is 0 Å². The molecule has 0 aliphatic rings. The topological polar surface area (TPSA) is 91.5 Å². The lowest BCUT2D eigenvalue weighted by molar-refractivity contribution is 0.399. The molecule has 0 saturated heterocycles. The van der Waals surface area contributed by atoms with Gasteiger partial charge in [0.25, 0.3) is 0 Å². The van der Waals surface area contributed by atoms with E-state index in [1.165, 1.54) is 13.4 Å². The zero-order valence-electron chi connectivity index (χ0n) is 11.5. The SMILES string of the molecule is COc1ccc(OC)c(Nc2ncnc(OC)c2N)c1. The molecule has 0 fully saturated rings. The van der Waals surface area contributed by atoms with Crippen molar-refractivity contribution in [3.8, 4) is 17.4 Å². The van der Waals surface area contributed by atoms with Gasteiger partial charge < -0.3 is 25.3 Å². The number of nitrogen functional groups attached to an aromatic ring is 1. The largest absolute Gasteiger partial charge is 0.497 e. The summed E-state index contributed by atoms with van der Waals surface area (Å²) < 4.78 is 15.5. The Morgan fingerprint density at radius 2 is 1.85 bits per heavy atom. The van der Waals surface area contributed by atoms with E-state index in [0.717, 1.165) is 0 Å². The van der Waals surface area contributed by atoms with Gasteiger partial charge in [-0.3, -0.25) is 0 Å². The van der Waals surface area contributed by atoms with Crippen LogP contribution in [-0.4, -0.2) is 31.3 Å². The zero-order chi connectivity index (χ0) is 14.5. The Bertz CT molecular complexity index is 604. The highest BCUT2D eigenvalue weighted by atomic mass is 16.5. The molecule has 0 atom stereocenters. The molecule has 0 unspecified atom stereocenters. The molecule has 0 bridgehead atoms. The van der Waals surface area contributed by atoms with Gasteiger partial charge in [0.1, 0.15) is 23.5 Å². The smallest absolute Gasteiger partial charge is 0.242 e. The maximum atomic E-state index is 5.92. The fraction of sp³-hybridized carbons (Fsp3) is 0.231. The molecular formula is C13H16N4O3. The van der Waals surface area contributed by atoms with Crippen molar-refractivity contribution >= 4 is 17.2 Å². The molecule has 2 rings (SSSR count). The van der Waals surface area contributed by atoms with E-state index in [4.69, 9.17) is 19.9 Å². The molecule has 0 aliphatic carbocycles. The third kappa shape index (κ3) is 2.66. The third-order valence-electron chi connectivity index (χ3n) is 2.70. The fourth-order valence-corrected chi connectivity index (χ4v) is 1.68. The van der Waals surface area contributed by atoms with Gasteiger partial charge in [-0.2, -0.15) is 4.98 Å². The highest BCUT2D eigenvalue weighted by Crippen LogP contribution is 2.34. The van der Waals surface area contributed by atoms with Crippen LogP contribution in [0.25, 0.3) is 0 Å². The van der Waals surface area contributed by atoms with Gasteiger partial charge in [0, 0.05) is 6.07 Å². The number of aromatic nitrogens is 2. The quantitative estimate of drug-likeness (QED) is 0.860. The van der Waals surface area contributed by atoms with Gasteiger partial charge in [0.2, 0.25) is 5.88 Å². The van der Waals surface area contributed by atoms with E-state index in [0.29, 0.717) is 34.6 Å². The number of hydrogen-bond acceptors (Lipinski definition) is 7. The summed E-state index contributed by atoms with van der Waals surface area (Å²) in [6, 6.07) is 5.37. The van der Waals surface area contributed by atoms with Gasteiger partial charge >= 0.3 is 0 Å². The van der Waals surface area contributed by atoms with Gasteiger partial charge in [0.15, 0.2) is 5.82 Å². The normalized spacial score (nSPS) is 9.95. The van der Waals surface area contributed by atoms with Gasteiger partial charge in [-0.25, -0.2) is 4.98 Å². The first-order valence-corrected chi connectivity index (χ1v) is 5.83. The second-order valence-corrected chi connectivity index (χ2v) is 3.84. The van der Waals surface area contributed by atoms with Crippen LogP contribution in [0.3, 0.4) is 0 Å². The average Bonchev–Trinajstić information content (AvgIpc) is 2.49. The Hall–Kier alpha value is -2.70. The number of nitrogens with one attached hydrogen (secondary N) is 1. The van der Waals surface area contributed by atoms with Crippen molar-refractivity contribution in [2.24, 2.45) is 0 Å². The lowest BCUT2D eigenvalue weighted by Crippen LogP contribution is -2.04. The first-order chi connectivity index (χ1) is 9.69. The number of rotatable bonds is 5. The average molecular weight is 276 g/mol. The van der Waals surface area contributed by atoms with E-state index in [1.54, 1.807) is 32.4 Å². The van der Waals surface area contributed by atoms with Crippen LogP contribution in [0.4, 0.5) is 17.2 Å². The predicted octanol–water partition coefficient (Wildman–Crippen LogP) is 1.83. The molecule has 7 heteroatoms. The van der Waals surface area contributed by atoms with Crippen LogP contribution in [0.15, 0.2) is 24.5 Å². The number of benzene rings is 1. The highest BCUT2D eigenvalue weighted by Gasteiger charge is 2.11. The molecule has 0 saturated carbocycles. The number of anilines is 3. The summed E-state index contributed by atoms with van der Waals surface area (Å²) in [4.78, 5) is 8.01.